The number of halogens is 3. The summed E-state index contributed by atoms with van der Waals surface area (Å²) in [7, 11) is 0. The fraction of sp³-hybridized carbons (Fsp3) is 0.900. The molecule has 4 nitrogen and oxygen atoms in total. The smallest absolute Gasteiger partial charge is 0.387 e. The molecule has 0 spiro atoms. The Balaban J connectivity index is 2.29. The molecule has 17 heavy (non-hydrogen) atoms. The molecule has 0 aromatic rings. The minimum atomic E-state index is -4.12. The lowest BCUT2D eigenvalue weighted by Gasteiger charge is -2.35. The van der Waals surface area contributed by atoms with Crippen LogP contribution in [0.15, 0.2) is 0 Å². The molecule has 0 bridgehead atoms. The fourth-order valence-electron chi connectivity index (χ4n) is 1.87. The van der Waals surface area contributed by atoms with E-state index in [2.05, 4.69) is 4.90 Å². The monoisotopic (exact) mass is 252 g/mol. The van der Waals surface area contributed by atoms with Gasteiger partial charge in [-0.05, 0) is 0 Å². The van der Waals surface area contributed by atoms with E-state index in [4.69, 9.17) is 11.1 Å². The fourth-order valence-corrected chi connectivity index (χ4v) is 1.87. The van der Waals surface area contributed by atoms with Gasteiger partial charge in [-0.2, -0.15) is 13.2 Å². The Hall–Kier alpha value is -0.820. The van der Waals surface area contributed by atoms with Gasteiger partial charge in [-0.3, -0.25) is 10.3 Å². The maximum Gasteiger partial charge on any atom is 0.401 e. The van der Waals surface area contributed by atoms with Gasteiger partial charge < -0.3 is 10.6 Å². The minimum Gasteiger partial charge on any atom is -0.387 e. The summed E-state index contributed by atoms with van der Waals surface area (Å²) in [5.74, 6) is 0.0897. The van der Waals surface area contributed by atoms with Gasteiger partial charge in [0, 0.05) is 38.6 Å². The van der Waals surface area contributed by atoms with Crippen LogP contribution >= 0.6 is 0 Å². The molecule has 0 saturated carbocycles. The first-order chi connectivity index (χ1) is 7.78. The lowest BCUT2D eigenvalue weighted by molar-refractivity contribution is -0.149. The number of nitrogens with two attached hydrogens (primary N) is 1. The van der Waals surface area contributed by atoms with Crippen molar-refractivity contribution in [1.82, 2.24) is 9.80 Å². The lowest BCUT2D eigenvalue weighted by atomic mass is 10.1. The van der Waals surface area contributed by atoms with E-state index in [1.54, 1.807) is 0 Å². The van der Waals surface area contributed by atoms with Crippen molar-refractivity contribution in [3.63, 3.8) is 0 Å². The molecular weight excluding hydrogens is 233 g/mol. The van der Waals surface area contributed by atoms with Crippen molar-refractivity contribution in [2.45, 2.75) is 13.1 Å². The molecule has 7 heteroatoms. The molecule has 0 aliphatic carbocycles. The molecule has 1 aliphatic heterocycles. The molecule has 1 rings (SSSR count). The Bertz CT molecular complexity index is 259. The molecule has 0 aromatic carbocycles. The van der Waals surface area contributed by atoms with Crippen LogP contribution in [0.25, 0.3) is 0 Å². The van der Waals surface area contributed by atoms with Crippen molar-refractivity contribution in [2.24, 2.45) is 11.7 Å². The molecule has 100 valence electrons. The first-order valence-corrected chi connectivity index (χ1v) is 5.63. The highest BCUT2D eigenvalue weighted by Crippen LogP contribution is 2.17. The Kier molecular flexibility index (Phi) is 4.76. The van der Waals surface area contributed by atoms with E-state index in [0.29, 0.717) is 32.7 Å². The van der Waals surface area contributed by atoms with Crippen LogP contribution in [0.5, 0.6) is 0 Å². The molecule has 1 aliphatic rings. The van der Waals surface area contributed by atoms with E-state index in [-0.39, 0.29) is 11.8 Å². The van der Waals surface area contributed by atoms with Crippen molar-refractivity contribution < 1.29 is 13.2 Å². The normalized spacial score (nSPS) is 21.4. The molecule has 0 radical (unpaired) electrons. The van der Waals surface area contributed by atoms with Crippen LogP contribution in [0.3, 0.4) is 0 Å². The van der Waals surface area contributed by atoms with Gasteiger partial charge in [0.15, 0.2) is 0 Å². The van der Waals surface area contributed by atoms with Gasteiger partial charge in [-0.15, -0.1) is 0 Å². The number of nitrogens with one attached hydrogen (secondary N) is 1. The molecule has 1 saturated heterocycles. The number of rotatable bonds is 4. The van der Waals surface area contributed by atoms with Gasteiger partial charge >= 0.3 is 6.18 Å². The lowest BCUT2D eigenvalue weighted by Crippen LogP contribution is -2.50. The zero-order valence-corrected chi connectivity index (χ0v) is 9.93. The molecule has 1 fully saturated rings. The summed E-state index contributed by atoms with van der Waals surface area (Å²) in [5.41, 5.74) is 5.36. The van der Waals surface area contributed by atoms with Crippen molar-refractivity contribution in [3.8, 4) is 0 Å². The van der Waals surface area contributed by atoms with Gasteiger partial charge in [0.05, 0.1) is 12.4 Å². The third-order valence-electron chi connectivity index (χ3n) is 2.93. The number of alkyl halides is 3. The number of hydrogen-bond acceptors (Lipinski definition) is 3. The van der Waals surface area contributed by atoms with Crippen LogP contribution in [0.1, 0.15) is 6.92 Å². The van der Waals surface area contributed by atoms with Gasteiger partial charge in [-0.25, -0.2) is 0 Å². The Labute approximate surface area is 99.1 Å². The summed E-state index contributed by atoms with van der Waals surface area (Å²) >= 11 is 0. The third-order valence-corrected chi connectivity index (χ3v) is 2.93. The number of piperazine rings is 1. The van der Waals surface area contributed by atoms with Gasteiger partial charge in [0.1, 0.15) is 0 Å². The van der Waals surface area contributed by atoms with Crippen molar-refractivity contribution in [3.05, 3.63) is 0 Å². The second kappa shape index (κ2) is 5.68. The minimum absolute atomic E-state index is 0.0378. The summed E-state index contributed by atoms with van der Waals surface area (Å²) in [6.45, 7) is 3.72. The highest BCUT2D eigenvalue weighted by atomic mass is 19.4. The number of nitrogens with zero attached hydrogens (tertiary/aromatic N) is 2. The molecule has 1 atom stereocenters. The zero-order chi connectivity index (χ0) is 13.1. The average Bonchev–Trinajstić information content (AvgIpc) is 2.18. The van der Waals surface area contributed by atoms with Crippen LogP contribution < -0.4 is 5.73 Å². The topological polar surface area (TPSA) is 56.4 Å². The predicted octanol–water partition coefficient (Wildman–Crippen LogP) is 0.738. The quantitative estimate of drug-likeness (QED) is 0.573. The first kappa shape index (κ1) is 14.2. The van der Waals surface area contributed by atoms with Crippen LogP contribution in [-0.4, -0.2) is 61.1 Å². The van der Waals surface area contributed by atoms with Crippen LogP contribution in [0.2, 0.25) is 0 Å². The number of hydrogen-bond donors (Lipinski definition) is 2. The maximum absolute atomic E-state index is 12.2. The SMILES string of the molecule is CC(CN1CCN(CC(F)(F)F)CC1)C(=N)N. The number of amidine groups is 1. The van der Waals surface area contributed by atoms with Crippen molar-refractivity contribution in [2.75, 3.05) is 39.3 Å². The van der Waals surface area contributed by atoms with E-state index in [1.807, 2.05) is 6.92 Å². The van der Waals surface area contributed by atoms with Crippen molar-refractivity contribution >= 4 is 5.84 Å². The molecule has 3 N–H and O–H groups in total. The highest BCUT2D eigenvalue weighted by Gasteiger charge is 2.32. The summed E-state index contributed by atoms with van der Waals surface area (Å²) in [6.07, 6.45) is -4.12. The van der Waals surface area contributed by atoms with Gasteiger partial charge in [-0.1, -0.05) is 6.92 Å². The Morgan fingerprint density at radius 2 is 1.71 bits per heavy atom. The molecular formula is C10H19F3N4. The van der Waals surface area contributed by atoms with Crippen molar-refractivity contribution in [1.29, 1.82) is 5.41 Å². The van der Waals surface area contributed by atoms with E-state index in [1.165, 1.54) is 4.90 Å². The van der Waals surface area contributed by atoms with E-state index >= 15 is 0 Å². The highest BCUT2D eigenvalue weighted by molar-refractivity contribution is 5.79. The second-order valence-corrected chi connectivity index (χ2v) is 4.55. The zero-order valence-electron chi connectivity index (χ0n) is 9.93. The Morgan fingerprint density at radius 1 is 1.24 bits per heavy atom. The second-order valence-electron chi connectivity index (χ2n) is 4.55. The third kappa shape index (κ3) is 5.36. The largest absolute Gasteiger partial charge is 0.401 e. The molecule has 1 unspecified atom stereocenters. The summed E-state index contributed by atoms with van der Waals surface area (Å²) in [5, 5.41) is 7.27. The van der Waals surface area contributed by atoms with Crippen LogP contribution in [-0.2, 0) is 0 Å². The molecule has 1 heterocycles. The standard InChI is InChI=1S/C10H19F3N4/c1-8(9(14)15)6-16-2-4-17(5-3-16)7-10(11,12)13/h8H,2-7H2,1H3,(H3,14,15). The summed E-state index contributed by atoms with van der Waals surface area (Å²) in [6, 6.07) is 0. The first-order valence-electron chi connectivity index (χ1n) is 5.63. The van der Waals surface area contributed by atoms with E-state index in [0.717, 1.165) is 0 Å². The molecule has 0 aromatic heterocycles. The van der Waals surface area contributed by atoms with Gasteiger partial charge in [0.25, 0.3) is 0 Å². The predicted molar refractivity (Wildman–Crippen MR) is 60.0 cm³/mol. The van der Waals surface area contributed by atoms with Gasteiger partial charge in [0.2, 0.25) is 0 Å². The van der Waals surface area contributed by atoms with E-state index in [9.17, 15) is 13.2 Å². The van der Waals surface area contributed by atoms with E-state index < -0.39 is 12.7 Å². The average molecular weight is 252 g/mol. The summed E-state index contributed by atoms with van der Waals surface area (Å²) in [4.78, 5) is 3.47. The van der Waals surface area contributed by atoms with Crippen LogP contribution in [0, 0.1) is 11.3 Å². The van der Waals surface area contributed by atoms with Crippen LogP contribution in [0.4, 0.5) is 13.2 Å². The molecule has 0 amide bonds. The maximum atomic E-state index is 12.2. The Morgan fingerprint density at radius 3 is 2.12 bits per heavy atom. The summed E-state index contributed by atoms with van der Waals surface area (Å²) < 4.78 is 36.5.